The molecule has 0 saturated carbocycles. The molecule has 0 bridgehead atoms. The lowest BCUT2D eigenvalue weighted by Crippen LogP contribution is -2.20. The van der Waals surface area contributed by atoms with Crippen molar-refractivity contribution in [2.24, 2.45) is 0 Å². The molecule has 0 aromatic heterocycles. The Morgan fingerprint density at radius 1 is 1.29 bits per heavy atom. The molecule has 1 aromatic rings. The Balaban J connectivity index is 3.22. The van der Waals surface area contributed by atoms with E-state index in [0.29, 0.717) is 6.54 Å². The molecule has 0 aliphatic rings. The first-order valence-corrected chi connectivity index (χ1v) is 6.35. The fourth-order valence-electron chi connectivity index (χ4n) is 1.52. The van der Waals surface area contributed by atoms with Gasteiger partial charge >= 0.3 is 0 Å². The third-order valence-corrected chi connectivity index (χ3v) is 3.20. The van der Waals surface area contributed by atoms with E-state index in [-0.39, 0.29) is 0 Å². The molecule has 0 radical (unpaired) electrons. The quantitative estimate of drug-likeness (QED) is 0.574. The van der Waals surface area contributed by atoms with Crippen molar-refractivity contribution in [1.82, 2.24) is 0 Å². The summed E-state index contributed by atoms with van der Waals surface area (Å²) < 4.78 is 10.6. The summed E-state index contributed by atoms with van der Waals surface area (Å²) >= 11 is 1.59. The normalized spacial score (nSPS) is 9.88. The van der Waals surface area contributed by atoms with Gasteiger partial charge in [-0.05, 0) is 12.3 Å². The van der Waals surface area contributed by atoms with E-state index in [1.807, 2.05) is 30.3 Å². The summed E-state index contributed by atoms with van der Waals surface area (Å²) in [4.78, 5) is 13.4. The molecule has 0 N–H and O–H groups in total. The first kappa shape index (κ1) is 13.7. The van der Waals surface area contributed by atoms with Gasteiger partial charge in [0.1, 0.15) is 17.8 Å². The van der Waals surface area contributed by atoms with E-state index in [1.54, 1.807) is 26.0 Å². The van der Waals surface area contributed by atoms with Crippen molar-refractivity contribution in [3.8, 4) is 11.5 Å². The second kappa shape index (κ2) is 6.39. The molecule has 0 aliphatic carbocycles. The number of thioether (sulfide) groups is 1. The number of anilines is 1. The maximum atomic E-state index is 10.5. The number of carbonyl (C=O) groups is 1. The number of hydrogen-bond acceptors (Lipinski definition) is 5. The second-order valence-electron chi connectivity index (χ2n) is 3.43. The molecule has 1 aromatic carbocycles. The zero-order valence-electron chi connectivity index (χ0n) is 10.5. The summed E-state index contributed by atoms with van der Waals surface area (Å²) in [5.74, 6) is 1.52. The smallest absolute Gasteiger partial charge is 0.143 e. The lowest BCUT2D eigenvalue weighted by atomic mass is 10.2. The molecule has 0 heterocycles. The highest BCUT2D eigenvalue weighted by molar-refractivity contribution is 7.98. The van der Waals surface area contributed by atoms with Crippen molar-refractivity contribution in [3.63, 3.8) is 0 Å². The molecular formula is C12H17NO3S. The Morgan fingerprint density at radius 2 is 1.94 bits per heavy atom. The summed E-state index contributed by atoms with van der Waals surface area (Å²) in [5, 5.41) is 0. The maximum absolute atomic E-state index is 10.5. The number of aldehydes is 1. The minimum atomic E-state index is 0.318. The van der Waals surface area contributed by atoms with E-state index in [0.717, 1.165) is 28.4 Å². The monoisotopic (exact) mass is 255 g/mol. The number of ether oxygens (including phenoxy) is 2. The summed E-state index contributed by atoms with van der Waals surface area (Å²) in [6.45, 7) is 0.318. The number of hydrogen-bond donors (Lipinski definition) is 0. The van der Waals surface area contributed by atoms with Gasteiger partial charge in [0, 0.05) is 13.1 Å². The topological polar surface area (TPSA) is 38.8 Å². The molecule has 0 saturated heterocycles. The number of methoxy groups -OCH3 is 2. The summed E-state index contributed by atoms with van der Waals surface area (Å²) in [7, 11) is 5.08. The summed E-state index contributed by atoms with van der Waals surface area (Å²) in [5.41, 5.74) is 0.842. The van der Waals surface area contributed by atoms with Crippen LogP contribution in [0.25, 0.3) is 0 Å². The molecular weight excluding hydrogens is 238 g/mol. The SMILES string of the molecule is COc1cc(N(C)CC=O)c(OC)cc1SC. The van der Waals surface area contributed by atoms with Crippen LogP contribution in [0.1, 0.15) is 0 Å². The van der Waals surface area contributed by atoms with Crippen LogP contribution in [0.15, 0.2) is 17.0 Å². The van der Waals surface area contributed by atoms with Crippen LogP contribution in [0.4, 0.5) is 5.69 Å². The van der Waals surface area contributed by atoms with E-state index in [1.165, 1.54) is 0 Å². The van der Waals surface area contributed by atoms with Gasteiger partial charge in [-0.3, -0.25) is 0 Å². The average Bonchev–Trinajstić information content (AvgIpc) is 2.37. The summed E-state index contributed by atoms with van der Waals surface area (Å²) in [6.07, 6.45) is 2.83. The largest absolute Gasteiger partial charge is 0.496 e. The Morgan fingerprint density at radius 3 is 2.41 bits per heavy atom. The van der Waals surface area contributed by atoms with Crippen LogP contribution in [0.5, 0.6) is 11.5 Å². The molecule has 17 heavy (non-hydrogen) atoms. The number of benzene rings is 1. The van der Waals surface area contributed by atoms with Crippen molar-refractivity contribution >= 4 is 23.7 Å². The van der Waals surface area contributed by atoms with Crippen LogP contribution < -0.4 is 14.4 Å². The van der Waals surface area contributed by atoms with Crippen molar-refractivity contribution in [1.29, 1.82) is 0 Å². The van der Waals surface area contributed by atoms with Crippen LogP contribution in [0, 0.1) is 0 Å². The Hall–Kier alpha value is -1.36. The molecule has 0 spiro atoms. The van der Waals surface area contributed by atoms with Crippen LogP contribution in [0.3, 0.4) is 0 Å². The first-order chi connectivity index (χ1) is 8.17. The standard InChI is InChI=1S/C12H17NO3S/c1-13(5-6-14)9-7-11(16-3)12(17-4)8-10(9)15-2/h6-8H,5H2,1-4H3. The van der Waals surface area contributed by atoms with Crippen molar-refractivity contribution < 1.29 is 14.3 Å². The van der Waals surface area contributed by atoms with Gasteiger partial charge in [-0.1, -0.05) is 0 Å². The van der Waals surface area contributed by atoms with E-state index in [2.05, 4.69) is 0 Å². The Kier molecular flexibility index (Phi) is 5.15. The van der Waals surface area contributed by atoms with E-state index < -0.39 is 0 Å². The average molecular weight is 255 g/mol. The Bertz CT molecular complexity index is 396. The molecule has 0 atom stereocenters. The van der Waals surface area contributed by atoms with Gasteiger partial charge in [-0.25, -0.2) is 0 Å². The minimum absolute atomic E-state index is 0.318. The highest BCUT2D eigenvalue weighted by atomic mass is 32.2. The van der Waals surface area contributed by atoms with Gasteiger partial charge in [0.05, 0.1) is 31.3 Å². The fourth-order valence-corrected chi connectivity index (χ4v) is 2.09. The first-order valence-electron chi connectivity index (χ1n) is 5.12. The Labute approximate surface area is 106 Å². The maximum Gasteiger partial charge on any atom is 0.143 e. The van der Waals surface area contributed by atoms with Gasteiger partial charge in [0.25, 0.3) is 0 Å². The number of likely N-dealkylation sites (N-methyl/N-ethyl adjacent to an activating group) is 1. The van der Waals surface area contributed by atoms with Crippen molar-refractivity contribution in [3.05, 3.63) is 12.1 Å². The lowest BCUT2D eigenvalue weighted by Gasteiger charge is -2.21. The highest BCUT2D eigenvalue weighted by Crippen LogP contribution is 2.38. The van der Waals surface area contributed by atoms with Crippen LogP contribution in [0.2, 0.25) is 0 Å². The molecule has 1 rings (SSSR count). The van der Waals surface area contributed by atoms with Gasteiger partial charge in [-0.15, -0.1) is 11.8 Å². The molecule has 0 fully saturated rings. The molecule has 4 nitrogen and oxygen atoms in total. The van der Waals surface area contributed by atoms with Crippen molar-refractivity contribution in [2.75, 3.05) is 39.0 Å². The number of rotatable bonds is 6. The lowest BCUT2D eigenvalue weighted by molar-refractivity contribution is -0.106. The molecule has 0 aliphatic heterocycles. The van der Waals surface area contributed by atoms with Crippen LogP contribution in [-0.2, 0) is 4.79 Å². The number of nitrogens with zero attached hydrogens (tertiary/aromatic N) is 1. The second-order valence-corrected chi connectivity index (χ2v) is 4.27. The van der Waals surface area contributed by atoms with Crippen LogP contribution >= 0.6 is 11.8 Å². The van der Waals surface area contributed by atoms with Gasteiger partial charge < -0.3 is 19.2 Å². The minimum Gasteiger partial charge on any atom is -0.496 e. The van der Waals surface area contributed by atoms with Gasteiger partial charge in [-0.2, -0.15) is 0 Å². The molecule has 94 valence electrons. The fraction of sp³-hybridized carbons (Fsp3) is 0.417. The molecule has 0 unspecified atom stereocenters. The third-order valence-electron chi connectivity index (χ3n) is 2.44. The van der Waals surface area contributed by atoms with E-state index in [4.69, 9.17) is 9.47 Å². The van der Waals surface area contributed by atoms with E-state index >= 15 is 0 Å². The zero-order chi connectivity index (χ0) is 12.8. The van der Waals surface area contributed by atoms with Gasteiger partial charge in [0.2, 0.25) is 0 Å². The predicted molar refractivity (Wildman–Crippen MR) is 70.7 cm³/mol. The van der Waals surface area contributed by atoms with Crippen molar-refractivity contribution in [2.45, 2.75) is 4.90 Å². The number of carbonyl (C=O) groups excluding carboxylic acids is 1. The van der Waals surface area contributed by atoms with E-state index in [9.17, 15) is 4.79 Å². The zero-order valence-corrected chi connectivity index (χ0v) is 11.3. The van der Waals surface area contributed by atoms with Crippen LogP contribution in [-0.4, -0.2) is 40.4 Å². The molecule has 0 amide bonds. The third kappa shape index (κ3) is 3.06. The van der Waals surface area contributed by atoms with Gasteiger partial charge in [0.15, 0.2) is 0 Å². The predicted octanol–water partition coefficient (Wildman–Crippen LogP) is 2.06. The highest BCUT2D eigenvalue weighted by Gasteiger charge is 2.13. The molecule has 5 heteroatoms. The summed E-state index contributed by atoms with van der Waals surface area (Å²) in [6, 6.07) is 3.80.